The molecule has 0 aliphatic heterocycles. The number of aromatic nitrogens is 1. The van der Waals surface area contributed by atoms with Crippen LogP contribution >= 0.6 is 0 Å². The maximum atomic E-state index is 12.7. The predicted octanol–water partition coefficient (Wildman–Crippen LogP) is 5.04. The van der Waals surface area contributed by atoms with E-state index in [0.29, 0.717) is 11.3 Å². The van der Waals surface area contributed by atoms with Crippen LogP contribution in [0.25, 0.3) is 11.8 Å². The Morgan fingerprint density at radius 1 is 1.03 bits per heavy atom. The Morgan fingerprint density at radius 2 is 1.72 bits per heavy atom. The Morgan fingerprint density at radius 3 is 2.34 bits per heavy atom. The quantitative estimate of drug-likeness (QED) is 0.351. The molecule has 0 spiro atoms. The standard InChI is InChI=1S/C26H25N3O3/c1-16-6-10-23(11-7-16)28-25(30)22(15-27)13-21-12-18(3)29(19(21)4)24-14-20(26(31)32-5)9-8-17(24)2/h6-14H,1-5H3,(H,28,30)/b22-13-. The van der Waals surface area contributed by atoms with Crippen molar-refractivity contribution in [1.29, 1.82) is 5.26 Å². The van der Waals surface area contributed by atoms with Crippen molar-refractivity contribution in [2.45, 2.75) is 27.7 Å². The van der Waals surface area contributed by atoms with E-state index in [0.717, 1.165) is 33.8 Å². The van der Waals surface area contributed by atoms with Gasteiger partial charge in [-0.3, -0.25) is 4.79 Å². The molecule has 162 valence electrons. The summed E-state index contributed by atoms with van der Waals surface area (Å²) in [4.78, 5) is 24.6. The van der Waals surface area contributed by atoms with Crippen molar-refractivity contribution in [3.8, 4) is 11.8 Å². The van der Waals surface area contributed by atoms with Crippen LogP contribution in [0.2, 0.25) is 0 Å². The number of nitrogens with zero attached hydrogens (tertiary/aromatic N) is 2. The van der Waals surface area contributed by atoms with Crippen LogP contribution in [0.15, 0.2) is 54.1 Å². The number of ether oxygens (including phenoxy) is 1. The van der Waals surface area contributed by atoms with Gasteiger partial charge in [0, 0.05) is 22.8 Å². The second-order valence-electron chi connectivity index (χ2n) is 7.64. The summed E-state index contributed by atoms with van der Waals surface area (Å²) in [5.74, 6) is -0.876. The molecule has 0 atom stereocenters. The largest absolute Gasteiger partial charge is 0.465 e. The number of benzene rings is 2. The minimum atomic E-state index is -0.468. The molecule has 3 rings (SSSR count). The molecule has 0 radical (unpaired) electrons. The van der Waals surface area contributed by atoms with Crippen molar-refractivity contribution in [3.63, 3.8) is 0 Å². The van der Waals surface area contributed by atoms with Gasteiger partial charge in [0.25, 0.3) is 5.91 Å². The average Bonchev–Trinajstić information content (AvgIpc) is 3.06. The van der Waals surface area contributed by atoms with Crippen LogP contribution in [-0.4, -0.2) is 23.6 Å². The van der Waals surface area contributed by atoms with E-state index < -0.39 is 11.9 Å². The van der Waals surface area contributed by atoms with Gasteiger partial charge in [0.1, 0.15) is 11.6 Å². The zero-order chi connectivity index (χ0) is 23.4. The van der Waals surface area contributed by atoms with Crippen molar-refractivity contribution >= 4 is 23.6 Å². The molecule has 0 fully saturated rings. The molecule has 2 aromatic carbocycles. The van der Waals surface area contributed by atoms with E-state index >= 15 is 0 Å². The highest BCUT2D eigenvalue weighted by atomic mass is 16.5. The molecule has 0 saturated heterocycles. The molecule has 6 heteroatoms. The molecular formula is C26H25N3O3. The van der Waals surface area contributed by atoms with Crippen molar-refractivity contribution in [1.82, 2.24) is 4.57 Å². The van der Waals surface area contributed by atoms with Crippen molar-refractivity contribution < 1.29 is 14.3 Å². The van der Waals surface area contributed by atoms with Gasteiger partial charge in [-0.1, -0.05) is 23.8 Å². The van der Waals surface area contributed by atoms with Crippen LogP contribution in [0.4, 0.5) is 5.69 Å². The Bertz CT molecular complexity index is 1260. The number of aryl methyl sites for hydroxylation is 3. The number of methoxy groups -OCH3 is 1. The summed E-state index contributed by atoms with van der Waals surface area (Å²) in [6.45, 7) is 7.77. The van der Waals surface area contributed by atoms with Crippen LogP contribution in [-0.2, 0) is 9.53 Å². The number of esters is 1. The third kappa shape index (κ3) is 4.62. The van der Waals surface area contributed by atoms with Crippen molar-refractivity contribution in [2.24, 2.45) is 0 Å². The van der Waals surface area contributed by atoms with Crippen LogP contribution in [0.5, 0.6) is 0 Å². The van der Waals surface area contributed by atoms with Crippen molar-refractivity contribution in [3.05, 3.63) is 87.7 Å². The van der Waals surface area contributed by atoms with Crippen LogP contribution < -0.4 is 5.32 Å². The summed E-state index contributed by atoms with van der Waals surface area (Å²) in [6.07, 6.45) is 1.59. The first-order valence-corrected chi connectivity index (χ1v) is 10.1. The highest BCUT2D eigenvalue weighted by molar-refractivity contribution is 6.09. The highest BCUT2D eigenvalue weighted by Gasteiger charge is 2.16. The molecule has 32 heavy (non-hydrogen) atoms. The maximum absolute atomic E-state index is 12.7. The third-order valence-corrected chi connectivity index (χ3v) is 5.32. The SMILES string of the molecule is COC(=O)c1ccc(C)c(-n2c(C)cc(/C=C(/C#N)C(=O)Nc3ccc(C)cc3)c2C)c1. The number of hydrogen-bond donors (Lipinski definition) is 1. The molecule has 0 unspecified atom stereocenters. The van der Waals surface area contributed by atoms with Gasteiger partial charge in [0.2, 0.25) is 0 Å². The molecule has 1 heterocycles. The highest BCUT2D eigenvalue weighted by Crippen LogP contribution is 2.26. The topological polar surface area (TPSA) is 84.1 Å². The van der Waals surface area contributed by atoms with Gasteiger partial charge in [-0.15, -0.1) is 0 Å². The first kappa shape index (κ1) is 22.6. The molecule has 0 bridgehead atoms. The fourth-order valence-electron chi connectivity index (χ4n) is 3.54. The zero-order valence-corrected chi connectivity index (χ0v) is 18.8. The third-order valence-electron chi connectivity index (χ3n) is 5.32. The van der Waals surface area contributed by atoms with Gasteiger partial charge in [0.15, 0.2) is 0 Å². The Balaban J connectivity index is 1.98. The molecule has 0 aliphatic carbocycles. The number of amides is 1. The minimum Gasteiger partial charge on any atom is -0.465 e. The molecule has 1 N–H and O–H groups in total. The van der Waals surface area contributed by atoms with E-state index in [1.165, 1.54) is 7.11 Å². The van der Waals surface area contributed by atoms with Crippen LogP contribution in [0, 0.1) is 39.0 Å². The molecule has 0 aliphatic rings. The number of carbonyl (C=O) groups is 2. The zero-order valence-electron chi connectivity index (χ0n) is 18.8. The number of nitrogens with one attached hydrogen (secondary N) is 1. The number of anilines is 1. The number of rotatable bonds is 5. The number of carbonyl (C=O) groups excluding carboxylic acids is 2. The fraction of sp³-hybridized carbons (Fsp3) is 0.192. The summed E-state index contributed by atoms with van der Waals surface area (Å²) in [6, 6.07) is 16.7. The Kier molecular flexibility index (Phi) is 6.60. The lowest BCUT2D eigenvalue weighted by molar-refractivity contribution is -0.112. The summed E-state index contributed by atoms with van der Waals surface area (Å²) in [5.41, 5.74) is 6.50. The summed E-state index contributed by atoms with van der Waals surface area (Å²) >= 11 is 0. The number of hydrogen-bond acceptors (Lipinski definition) is 4. The van der Waals surface area contributed by atoms with Gasteiger partial charge < -0.3 is 14.6 Å². The van der Waals surface area contributed by atoms with Gasteiger partial charge >= 0.3 is 5.97 Å². The predicted molar refractivity (Wildman–Crippen MR) is 125 cm³/mol. The summed E-state index contributed by atoms with van der Waals surface area (Å²) in [7, 11) is 1.35. The van der Waals surface area contributed by atoms with Gasteiger partial charge in [-0.2, -0.15) is 5.26 Å². The smallest absolute Gasteiger partial charge is 0.337 e. The lowest BCUT2D eigenvalue weighted by Crippen LogP contribution is -2.13. The lowest BCUT2D eigenvalue weighted by Gasteiger charge is -2.14. The van der Waals surface area contributed by atoms with Crippen LogP contribution in [0.1, 0.15) is 38.4 Å². The Labute approximate surface area is 187 Å². The molecule has 6 nitrogen and oxygen atoms in total. The van der Waals surface area contributed by atoms with Crippen LogP contribution in [0.3, 0.4) is 0 Å². The van der Waals surface area contributed by atoms with Crippen molar-refractivity contribution in [2.75, 3.05) is 12.4 Å². The first-order valence-electron chi connectivity index (χ1n) is 10.1. The second kappa shape index (κ2) is 9.36. The van der Waals surface area contributed by atoms with E-state index in [4.69, 9.17) is 4.74 Å². The normalized spacial score (nSPS) is 11.1. The van der Waals surface area contributed by atoms with Gasteiger partial charge in [0.05, 0.1) is 12.7 Å². The average molecular weight is 428 g/mol. The summed E-state index contributed by atoms with van der Waals surface area (Å²) in [5, 5.41) is 12.4. The van der Waals surface area contributed by atoms with E-state index in [1.807, 2.05) is 62.6 Å². The molecule has 0 saturated carbocycles. The fourth-order valence-corrected chi connectivity index (χ4v) is 3.54. The van der Waals surface area contributed by atoms with Gasteiger partial charge in [-0.05, 0) is 75.2 Å². The molecule has 1 amide bonds. The second-order valence-corrected chi connectivity index (χ2v) is 7.64. The first-order chi connectivity index (χ1) is 15.2. The monoisotopic (exact) mass is 427 g/mol. The molecule has 1 aromatic heterocycles. The number of nitriles is 1. The van der Waals surface area contributed by atoms with E-state index in [-0.39, 0.29) is 5.57 Å². The van der Waals surface area contributed by atoms with E-state index in [9.17, 15) is 14.9 Å². The lowest BCUT2D eigenvalue weighted by atomic mass is 10.1. The molecular weight excluding hydrogens is 402 g/mol. The molecule has 3 aromatic rings. The minimum absolute atomic E-state index is 0.00542. The van der Waals surface area contributed by atoms with E-state index in [2.05, 4.69) is 5.32 Å². The van der Waals surface area contributed by atoms with Gasteiger partial charge in [-0.25, -0.2) is 4.79 Å². The van der Waals surface area contributed by atoms with E-state index in [1.54, 1.807) is 30.3 Å². The Hall–Kier alpha value is -4.11. The maximum Gasteiger partial charge on any atom is 0.337 e. The summed E-state index contributed by atoms with van der Waals surface area (Å²) < 4.78 is 6.84.